The summed E-state index contributed by atoms with van der Waals surface area (Å²) >= 11 is 5.79. The number of nitrogens with zero attached hydrogens (tertiary/aromatic N) is 2. The van der Waals surface area contributed by atoms with Gasteiger partial charge in [-0.25, -0.2) is 4.98 Å². The first kappa shape index (κ1) is 14.6. The Labute approximate surface area is 128 Å². The number of anilines is 1. The third-order valence-corrected chi connectivity index (χ3v) is 4.30. The molecule has 1 amide bonds. The van der Waals surface area contributed by atoms with Gasteiger partial charge in [-0.15, -0.1) is 0 Å². The first-order valence-corrected chi connectivity index (χ1v) is 7.56. The third-order valence-electron chi connectivity index (χ3n) is 4.10. The second kappa shape index (κ2) is 6.17. The van der Waals surface area contributed by atoms with Gasteiger partial charge in [-0.3, -0.25) is 9.69 Å². The van der Waals surface area contributed by atoms with Crippen LogP contribution in [0.4, 0.5) is 5.69 Å². The van der Waals surface area contributed by atoms with E-state index < -0.39 is 0 Å². The Morgan fingerprint density at radius 3 is 3.33 bits per heavy atom. The number of nitrogen functional groups attached to an aromatic ring is 1. The third kappa shape index (κ3) is 3.28. The van der Waals surface area contributed by atoms with Crippen molar-refractivity contribution < 1.29 is 9.53 Å². The van der Waals surface area contributed by atoms with Crippen LogP contribution < -0.4 is 11.1 Å². The van der Waals surface area contributed by atoms with Crippen LogP contribution in [0, 0.1) is 0 Å². The summed E-state index contributed by atoms with van der Waals surface area (Å²) in [6.07, 6.45) is 3.87. The number of carbonyl (C=O) groups excluding carboxylic acids is 1. The lowest BCUT2D eigenvalue weighted by atomic mass is 10.1. The van der Waals surface area contributed by atoms with Gasteiger partial charge in [0.05, 0.1) is 30.2 Å². The van der Waals surface area contributed by atoms with Crippen molar-refractivity contribution >= 4 is 23.2 Å². The number of rotatable bonds is 3. The molecule has 6 nitrogen and oxygen atoms in total. The highest BCUT2D eigenvalue weighted by Crippen LogP contribution is 2.22. The molecule has 2 saturated heterocycles. The van der Waals surface area contributed by atoms with Gasteiger partial charge in [0, 0.05) is 19.1 Å². The van der Waals surface area contributed by atoms with E-state index in [4.69, 9.17) is 22.1 Å². The van der Waals surface area contributed by atoms with Crippen molar-refractivity contribution in [3.05, 3.63) is 23.0 Å². The minimum absolute atomic E-state index is 0.0295. The van der Waals surface area contributed by atoms with E-state index in [-0.39, 0.29) is 17.2 Å². The average Bonchev–Trinajstić information content (AvgIpc) is 2.94. The molecule has 0 aliphatic carbocycles. The van der Waals surface area contributed by atoms with Crippen LogP contribution in [0.3, 0.4) is 0 Å². The molecule has 0 spiro atoms. The molecule has 114 valence electrons. The molecule has 3 heterocycles. The van der Waals surface area contributed by atoms with E-state index in [0.29, 0.717) is 23.8 Å². The van der Waals surface area contributed by atoms with Crippen LogP contribution in [0.25, 0.3) is 0 Å². The van der Waals surface area contributed by atoms with Gasteiger partial charge in [-0.05, 0) is 25.5 Å². The fraction of sp³-hybridized carbons (Fsp3) is 0.571. The van der Waals surface area contributed by atoms with E-state index in [9.17, 15) is 4.79 Å². The summed E-state index contributed by atoms with van der Waals surface area (Å²) in [6, 6.07) is 2.04. The molecule has 0 aromatic carbocycles. The van der Waals surface area contributed by atoms with Crippen molar-refractivity contribution in [2.75, 3.05) is 32.0 Å². The number of pyridine rings is 1. The normalized spacial score (nSPS) is 25.6. The fourth-order valence-corrected chi connectivity index (χ4v) is 3.11. The predicted octanol–water partition coefficient (Wildman–Crippen LogP) is 0.910. The van der Waals surface area contributed by atoms with Crippen LogP contribution in [0.2, 0.25) is 5.15 Å². The quantitative estimate of drug-likeness (QED) is 0.811. The molecule has 2 aliphatic rings. The first-order chi connectivity index (χ1) is 10.1. The zero-order valence-electron chi connectivity index (χ0n) is 11.7. The minimum atomic E-state index is -0.246. The smallest absolute Gasteiger partial charge is 0.253 e. The van der Waals surface area contributed by atoms with E-state index in [1.807, 2.05) is 0 Å². The lowest BCUT2D eigenvalue weighted by molar-refractivity contribution is -0.0461. The number of nitrogens with one attached hydrogen (secondary N) is 1. The SMILES string of the molecule is Nc1cnc(Cl)cc1C(=O)NCC1CN2CCCC2CO1. The van der Waals surface area contributed by atoms with Crippen molar-refractivity contribution in [3.8, 4) is 0 Å². The maximum Gasteiger partial charge on any atom is 0.253 e. The number of hydrogen-bond donors (Lipinski definition) is 2. The Bertz CT molecular complexity index is 540. The summed E-state index contributed by atoms with van der Waals surface area (Å²) in [5, 5.41) is 3.11. The lowest BCUT2D eigenvalue weighted by Gasteiger charge is -2.35. The largest absolute Gasteiger partial charge is 0.397 e. The standard InChI is InChI=1S/C14H19ClN4O2/c15-13-4-11(12(16)6-17-13)14(20)18-5-10-7-19-3-1-2-9(19)8-21-10/h4,6,9-10H,1-3,5,7-8,16H2,(H,18,20). The number of morpholine rings is 1. The molecule has 2 fully saturated rings. The summed E-state index contributed by atoms with van der Waals surface area (Å²) in [5.74, 6) is -0.246. The van der Waals surface area contributed by atoms with E-state index in [2.05, 4.69) is 15.2 Å². The Kier molecular flexibility index (Phi) is 4.28. The molecule has 0 bridgehead atoms. The molecule has 3 rings (SSSR count). The number of nitrogens with two attached hydrogens (primary N) is 1. The first-order valence-electron chi connectivity index (χ1n) is 7.18. The van der Waals surface area contributed by atoms with E-state index in [0.717, 1.165) is 19.7 Å². The Morgan fingerprint density at radius 2 is 2.48 bits per heavy atom. The highest BCUT2D eigenvalue weighted by atomic mass is 35.5. The van der Waals surface area contributed by atoms with Gasteiger partial charge in [0.15, 0.2) is 0 Å². The molecule has 2 atom stereocenters. The topological polar surface area (TPSA) is 80.5 Å². The number of fused-ring (bicyclic) bond motifs is 1. The maximum atomic E-state index is 12.1. The van der Waals surface area contributed by atoms with Crippen LogP contribution in [0.1, 0.15) is 23.2 Å². The van der Waals surface area contributed by atoms with Crippen LogP contribution in [0.5, 0.6) is 0 Å². The Morgan fingerprint density at radius 1 is 1.62 bits per heavy atom. The summed E-state index contributed by atoms with van der Waals surface area (Å²) in [6.45, 7) is 3.23. The molecule has 1 aromatic heterocycles. The molecule has 0 saturated carbocycles. The number of amides is 1. The second-order valence-corrected chi connectivity index (χ2v) is 5.94. The number of hydrogen-bond acceptors (Lipinski definition) is 5. The van der Waals surface area contributed by atoms with Crippen LogP contribution >= 0.6 is 11.6 Å². The highest BCUT2D eigenvalue weighted by molar-refractivity contribution is 6.29. The second-order valence-electron chi connectivity index (χ2n) is 5.55. The lowest BCUT2D eigenvalue weighted by Crippen LogP contribution is -2.50. The van der Waals surface area contributed by atoms with Gasteiger partial charge >= 0.3 is 0 Å². The maximum absolute atomic E-state index is 12.1. The molecular weight excluding hydrogens is 292 g/mol. The molecule has 7 heteroatoms. The Balaban J connectivity index is 1.55. The van der Waals surface area contributed by atoms with E-state index in [1.54, 1.807) is 0 Å². The van der Waals surface area contributed by atoms with Gasteiger partial charge in [0.1, 0.15) is 5.15 Å². The van der Waals surface area contributed by atoms with Crippen LogP contribution in [-0.4, -0.2) is 54.2 Å². The van der Waals surface area contributed by atoms with Crippen molar-refractivity contribution in [1.82, 2.24) is 15.2 Å². The van der Waals surface area contributed by atoms with Crippen molar-refractivity contribution in [2.24, 2.45) is 0 Å². The molecule has 3 N–H and O–H groups in total. The molecule has 2 aliphatic heterocycles. The van der Waals surface area contributed by atoms with Crippen molar-refractivity contribution in [3.63, 3.8) is 0 Å². The Hall–Kier alpha value is -1.37. The fourth-order valence-electron chi connectivity index (χ4n) is 2.95. The number of ether oxygens (including phenoxy) is 1. The van der Waals surface area contributed by atoms with Gasteiger partial charge in [-0.1, -0.05) is 11.6 Å². The molecule has 1 aromatic rings. The highest BCUT2D eigenvalue weighted by Gasteiger charge is 2.32. The monoisotopic (exact) mass is 310 g/mol. The van der Waals surface area contributed by atoms with Crippen molar-refractivity contribution in [2.45, 2.75) is 25.0 Å². The molecule has 21 heavy (non-hydrogen) atoms. The van der Waals surface area contributed by atoms with E-state index >= 15 is 0 Å². The summed E-state index contributed by atoms with van der Waals surface area (Å²) in [7, 11) is 0. The van der Waals surface area contributed by atoms with Gasteiger partial charge in [0.25, 0.3) is 5.91 Å². The zero-order valence-corrected chi connectivity index (χ0v) is 12.5. The summed E-state index contributed by atoms with van der Waals surface area (Å²) in [5.41, 5.74) is 6.42. The summed E-state index contributed by atoms with van der Waals surface area (Å²) in [4.78, 5) is 18.4. The predicted molar refractivity (Wildman–Crippen MR) is 80.3 cm³/mol. The molecule has 0 radical (unpaired) electrons. The zero-order chi connectivity index (χ0) is 14.8. The van der Waals surface area contributed by atoms with Crippen LogP contribution in [0.15, 0.2) is 12.3 Å². The number of carbonyl (C=O) groups is 1. The minimum Gasteiger partial charge on any atom is -0.397 e. The molecule has 2 unspecified atom stereocenters. The van der Waals surface area contributed by atoms with Gasteiger partial charge < -0.3 is 15.8 Å². The van der Waals surface area contributed by atoms with Gasteiger partial charge in [0.2, 0.25) is 0 Å². The van der Waals surface area contributed by atoms with Crippen LogP contribution in [-0.2, 0) is 4.74 Å². The van der Waals surface area contributed by atoms with E-state index in [1.165, 1.54) is 25.1 Å². The van der Waals surface area contributed by atoms with Gasteiger partial charge in [-0.2, -0.15) is 0 Å². The number of halogens is 1. The number of aromatic nitrogens is 1. The summed E-state index contributed by atoms with van der Waals surface area (Å²) < 4.78 is 5.81. The van der Waals surface area contributed by atoms with Crippen molar-refractivity contribution in [1.29, 1.82) is 0 Å². The molecular formula is C14H19ClN4O2. The average molecular weight is 311 g/mol.